The van der Waals surface area contributed by atoms with E-state index in [1.165, 1.54) is 13.0 Å². The molecule has 0 fully saturated rings. The number of hydrogen-bond donors (Lipinski definition) is 0. The summed E-state index contributed by atoms with van der Waals surface area (Å²) in [6.07, 6.45) is -2.77. The standard InChI is InChI=1S/C24H23BrF3NO2/c1-15-22(24(27)28)20(25)12-21(23(15)26)29(13-16-4-8-18(30-2)9-5-16)14-17-6-10-19(31-3)11-7-17/h4-12,24H,13-14H2,1-3H3. The number of benzene rings is 3. The molecular weight excluding hydrogens is 471 g/mol. The second-order valence-corrected chi connectivity index (χ2v) is 7.94. The molecule has 0 unspecified atom stereocenters. The van der Waals surface area contributed by atoms with Crippen molar-refractivity contribution in [3.05, 3.63) is 87.1 Å². The molecule has 0 spiro atoms. The van der Waals surface area contributed by atoms with Crippen LogP contribution in [0.4, 0.5) is 18.9 Å². The van der Waals surface area contributed by atoms with Crippen molar-refractivity contribution in [3.8, 4) is 11.5 Å². The molecule has 0 bridgehead atoms. The first-order chi connectivity index (χ1) is 14.8. The average Bonchev–Trinajstić information content (AvgIpc) is 2.76. The van der Waals surface area contributed by atoms with Crippen LogP contribution >= 0.6 is 15.9 Å². The molecule has 0 saturated heterocycles. The lowest BCUT2D eigenvalue weighted by Crippen LogP contribution is -2.24. The second kappa shape index (κ2) is 10.1. The fourth-order valence-electron chi connectivity index (χ4n) is 3.38. The maximum atomic E-state index is 15.3. The van der Waals surface area contributed by atoms with Crippen molar-refractivity contribution < 1.29 is 22.6 Å². The summed E-state index contributed by atoms with van der Waals surface area (Å²) in [4.78, 5) is 1.83. The third kappa shape index (κ3) is 5.34. The average molecular weight is 494 g/mol. The van der Waals surface area contributed by atoms with Gasteiger partial charge >= 0.3 is 0 Å². The molecule has 3 rings (SSSR count). The van der Waals surface area contributed by atoms with Crippen molar-refractivity contribution in [1.82, 2.24) is 0 Å². The van der Waals surface area contributed by atoms with E-state index in [0.29, 0.717) is 13.1 Å². The molecule has 7 heteroatoms. The van der Waals surface area contributed by atoms with Gasteiger partial charge in [0.25, 0.3) is 6.43 Å². The van der Waals surface area contributed by atoms with Crippen LogP contribution in [0, 0.1) is 12.7 Å². The maximum Gasteiger partial charge on any atom is 0.265 e. The smallest absolute Gasteiger partial charge is 0.265 e. The largest absolute Gasteiger partial charge is 0.497 e. The summed E-state index contributed by atoms with van der Waals surface area (Å²) in [7, 11) is 3.18. The highest BCUT2D eigenvalue weighted by molar-refractivity contribution is 9.10. The van der Waals surface area contributed by atoms with Gasteiger partial charge in [-0.15, -0.1) is 0 Å². The van der Waals surface area contributed by atoms with E-state index in [2.05, 4.69) is 15.9 Å². The van der Waals surface area contributed by atoms with Crippen molar-refractivity contribution in [1.29, 1.82) is 0 Å². The number of ether oxygens (including phenoxy) is 2. The molecule has 0 aliphatic heterocycles. The molecule has 0 heterocycles. The fraction of sp³-hybridized carbons (Fsp3) is 0.250. The van der Waals surface area contributed by atoms with Gasteiger partial charge in [0.2, 0.25) is 0 Å². The summed E-state index contributed by atoms with van der Waals surface area (Å²) >= 11 is 3.20. The van der Waals surface area contributed by atoms with Crippen molar-refractivity contribution in [3.63, 3.8) is 0 Å². The Balaban J connectivity index is 2.01. The Labute approximate surface area is 188 Å². The van der Waals surface area contributed by atoms with E-state index in [-0.39, 0.29) is 21.3 Å². The molecule has 0 atom stereocenters. The number of methoxy groups -OCH3 is 2. The number of nitrogens with zero attached hydrogens (tertiary/aromatic N) is 1. The highest BCUT2D eigenvalue weighted by Gasteiger charge is 2.23. The maximum absolute atomic E-state index is 15.3. The quantitative estimate of drug-likeness (QED) is 0.335. The number of alkyl halides is 2. The summed E-state index contributed by atoms with van der Waals surface area (Å²) in [5.74, 6) is 0.786. The first-order valence-corrected chi connectivity index (χ1v) is 10.4. The zero-order valence-electron chi connectivity index (χ0n) is 17.5. The van der Waals surface area contributed by atoms with Gasteiger partial charge in [0.1, 0.15) is 17.3 Å². The number of halogens is 4. The van der Waals surface area contributed by atoms with Gasteiger partial charge in [0, 0.05) is 23.1 Å². The molecule has 164 valence electrons. The van der Waals surface area contributed by atoms with Crippen LogP contribution in [0.15, 0.2) is 59.1 Å². The summed E-state index contributed by atoms with van der Waals surface area (Å²) in [5, 5.41) is 0. The molecule has 0 aromatic heterocycles. The highest BCUT2D eigenvalue weighted by Crippen LogP contribution is 2.38. The van der Waals surface area contributed by atoms with Gasteiger partial charge in [-0.05, 0) is 53.9 Å². The van der Waals surface area contributed by atoms with Gasteiger partial charge in [0.15, 0.2) is 0 Å². The fourth-order valence-corrected chi connectivity index (χ4v) is 4.06. The van der Waals surface area contributed by atoms with Crippen LogP contribution in [0.25, 0.3) is 0 Å². The van der Waals surface area contributed by atoms with Gasteiger partial charge in [0.05, 0.1) is 19.9 Å². The Hall–Kier alpha value is -2.67. The Kier molecular flexibility index (Phi) is 7.49. The zero-order chi connectivity index (χ0) is 22.5. The topological polar surface area (TPSA) is 21.7 Å². The Morgan fingerprint density at radius 1 is 0.871 bits per heavy atom. The highest BCUT2D eigenvalue weighted by atomic mass is 79.9. The molecule has 0 saturated carbocycles. The molecule has 3 nitrogen and oxygen atoms in total. The third-order valence-corrected chi connectivity index (χ3v) is 5.76. The molecule has 3 aromatic rings. The Morgan fingerprint density at radius 3 is 1.71 bits per heavy atom. The second-order valence-electron chi connectivity index (χ2n) is 7.08. The van der Waals surface area contributed by atoms with E-state index in [1.807, 2.05) is 53.4 Å². The minimum atomic E-state index is -2.77. The van der Waals surface area contributed by atoms with Crippen LogP contribution in [-0.2, 0) is 13.1 Å². The number of hydrogen-bond acceptors (Lipinski definition) is 3. The van der Waals surface area contributed by atoms with Crippen LogP contribution in [0.5, 0.6) is 11.5 Å². The van der Waals surface area contributed by atoms with Crippen LogP contribution in [0.2, 0.25) is 0 Å². The molecule has 0 amide bonds. The lowest BCUT2D eigenvalue weighted by Gasteiger charge is -2.27. The Morgan fingerprint density at radius 2 is 1.32 bits per heavy atom. The van der Waals surface area contributed by atoms with Gasteiger partial charge in [-0.25, -0.2) is 13.2 Å². The molecular formula is C24H23BrF3NO2. The minimum absolute atomic E-state index is 0.0613. The molecule has 31 heavy (non-hydrogen) atoms. The summed E-state index contributed by atoms with van der Waals surface area (Å²) < 4.78 is 52.7. The predicted molar refractivity (Wildman–Crippen MR) is 120 cm³/mol. The van der Waals surface area contributed by atoms with Crippen LogP contribution < -0.4 is 14.4 Å². The van der Waals surface area contributed by atoms with E-state index in [0.717, 1.165) is 22.6 Å². The van der Waals surface area contributed by atoms with Crippen molar-refractivity contribution in [2.24, 2.45) is 0 Å². The first kappa shape index (κ1) is 23.0. The van der Waals surface area contributed by atoms with Crippen molar-refractivity contribution >= 4 is 21.6 Å². The summed E-state index contributed by atoms with van der Waals surface area (Å²) in [6.45, 7) is 2.14. The first-order valence-electron chi connectivity index (χ1n) is 9.61. The molecule has 0 aliphatic carbocycles. The van der Waals surface area contributed by atoms with Gasteiger partial charge in [-0.3, -0.25) is 0 Å². The van der Waals surface area contributed by atoms with E-state index in [4.69, 9.17) is 9.47 Å². The summed E-state index contributed by atoms with van der Waals surface area (Å²) in [6, 6.07) is 16.3. The monoisotopic (exact) mass is 493 g/mol. The zero-order valence-corrected chi connectivity index (χ0v) is 19.0. The van der Waals surface area contributed by atoms with E-state index in [1.54, 1.807) is 14.2 Å². The van der Waals surface area contributed by atoms with E-state index < -0.39 is 12.2 Å². The lowest BCUT2D eigenvalue weighted by molar-refractivity contribution is 0.149. The van der Waals surface area contributed by atoms with Crippen molar-refractivity contribution in [2.75, 3.05) is 19.1 Å². The molecule has 0 radical (unpaired) electrons. The third-order valence-electron chi connectivity index (χ3n) is 5.10. The number of anilines is 1. The Bertz CT molecular complexity index is 975. The summed E-state index contributed by atoms with van der Waals surface area (Å²) in [5.41, 5.74) is 1.73. The predicted octanol–water partition coefficient (Wildman–Crippen LogP) is 7.06. The normalized spacial score (nSPS) is 11.0. The SMILES string of the molecule is COc1ccc(CN(Cc2ccc(OC)cc2)c2cc(Br)c(C(F)F)c(C)c2F)cc1. The molecule has 3 aromatic carbocycles. The van der Waals surface area contributed by atoms with Crippen LogP contribution in [-0.4, -0.2) is 14.2 Å². The van der Waals surface area contributed by atoms with Crippen LogP contribution in [0.1, 0.15) is 28.7 Å². The van der Waals surface area contributed by atoms with Gasteiger partial charge in [-0.2, -0.15) is 0 Å². The van der Waals surface area contributed by atoms with E-state index >= 15 is 4.39 Å². The van der Waals surface area contributed by atoms with Crippen molar-refractivity contribution in [2.45, 2.75) is 26.4 Å². The van der Waals surface area contributed by atoms with Gasteiger partial charge < -0.3 is 14.4 Å². The van der Waals surface area contributed by atoms with Gasteiger partial charge in [-0.1, -0.05) is 40.2 Å². The lowest BCUT2D eigenvalue weighted by atomic mass is 10.1. The number of rotatable bonds is 8. The molecule has 0 N–H and O–H groups in total. The van der Waals surface area contributed by atoms with Crippen LogP contribution in [0.3, 0.4) is 0 Å². The minimum Gasteiger partial charge on any atom is -0.497 e. The molecule has 0 aliphatic rings. The van der Waals surface area contributed by atoms with E-state index in [9.17, 15) is 8.78 Å².